The summed E-state index contributed by atoms with van der Waals surface area (Å²) in [7, 11) is 0. The topological polar surface area (TPSA) is 110 Å². The van der Waals surface area contributed by atoms with E-state index in [-0.39, 0.29) is 18.3 Å². The molecule has 4 aromatic rings. The van der Waals surface area contributed by atoms with Gasteiger partial charge in [-0.15, -0.1) is 0 Å². The fourth-order valence-electron chi connectivity index (χ4n) is 3.27. The van der Waals surface area contributed by atoms with Crippen LogP contribution >= 0.6 is 0 Å². The fraction of sp³-hybridized carbons (Fsp3) is 0.115. The average Bonchev–Trinajstić information content (AvgIpc) is 3.33. The number of hydrogen-bond donors (Lipinski definition) is 2. The zero-order valence-corrected chi connectivity index (χ0v) is 18.4. The second-order valence-electron chi connectivity index (χ2n) is 7.26. The average molecular weight is 458 g/mol. The molecule has 1 amide bonds. The minimum Gasteiger partial charge on any atom is -0.490 e. The van der Waals surface area contributed by atoms with E-state index in [9.17, 15) is 9.59 Å². The van der Waals surface area contributed by atoms with Crippen molar-refractivity contribution in [3.63, 3.8) is 0 Å². The van der Waals surface area contributed by atoms with Gasteiger partial charge in [-0.05, 0) is 65.7 Å². The first-order chi connectivity index (χ1) is 16.5. The lowest BCUT2D eigenvalue weighted by Crippen LogP contribution is -2.17. The predicted octanol–water partition coefficient (Wildman–Crippen LogP) is 4.87. The number of carboxylic acids is 1. The summed E-state index contributed by atoms with van der Waals surface area (Å²) in [6.45, 7) is 2.31. The SMILES string of the molecule is CCOc1cc(C=NNC(=O)c2ccc3ccccc3c2)ccc1OCc1ccc(C(=O)O)o1. The summed E-state index contributed by atoms with van der Waals surface area (Å²) in [5.41, 5.74) is 3.74. The molecule has 2 N–H and O–H groups in total. The molecular weight excluding hydrogens is 436 g/mol. The summed E-state index contributed by atoms with van der Waals surface area (Å²) in [6.07, 6.45) is 1.51. The summed E-state index contributed by atoms with van der Waals surface area (Å²) in [5, 5.41) is 15.0. The second kappa shape index (κ2) is 10.4. The highest BCUT2D eigenvalue weighted by molar-refractivity contribution is 5.99. The molecule has 0 aliphatic heterocycles. The van der Waals surface area contributed by atoms with Crippen molar-refractivity contribution in [3.05, 3.63) is 95.4 Å². The van der Waals surface area contributed by atoms with E-state index in [2.05, 4.69) is 10.5 Å². The predicted molar refractivity (Wildman–Crippen MR) is 127 cm³/mol. The number of fused-ring (bicyclic) bond motifs is 1. The van der Waals surface area contributed by atoms with Gasteiger partial charge in [-0.3, -0.25) is 4.79 Å². The highest BCUT2D eigenvalue weighted by Crippen LogP contribution is 2.29. The van der Waals surface area contributed by atoms with Crippen LogP contribution in [0.3, 0.4) is 0 Å². The minimum absolute atomic E-state index is 0.0443. The maximum atomic E-state index is 12.5. The van der Waals surface area contributed by atoms with Gasteiger partial charge in [0.15, 0.2) is 11.5 Å². The Balaban J connectivity index is 1.41. The Hall–Kier alpha value is -4.59. The van der Waals surface area contributed by atoms with Crippen LogP contribution in [0.4, 0.5) is 0 Å². The highest BCUT2D eigenvalue weighted by Gasteiger charge is 2.11. The Morgan fingerprint density at radius 2 is 1.79 bits per heavy atom. The van der Waals surface area contributed by atoms with Crippen molar-refractivity contribution in [2.24, 2.45) is 5.10 Å². The Morgan fingerprint density at radius 1 is 0.971 bits per heavy atom. The van der Waals surface area contributed by atoms with Gasteiger partial charge in [-0.25, -0.2) is 10.2 Å². The molecule has 8 nitrogen and oxygen atoms in total. The third kappa shape index (κ3) is 5.42. The Kier molecular flexibility index (Phi) is 6.88. The molecule has 0 spiro atoms. The summed E-state index contributed by atoms with van der Waals surface area (Å²) in [5.74, 6) is -0.281. The van der Waals surface area contributed by atoms with Gasteiger partial charge >= 0.3 is 5.97 Å². The summed E-state index contributed by atoms with van der Waals surface area (Å²) in [6, 6.07) is 21.4. The first-order valence-electron chi connectivity index (χ1n) is 10.6. The zero-order chi connectivity index (χ0) is 23.9. The van der Waals surface area contributed by atoms with E-state index >= 15 is 0 Å². The minimum atomic E-state index is -1.14. The van der Waals surface area contributed by atoms with Gasteiger partial charge in [-0.2, -0.15) is 5.10 Å². The number of benzene rings is 3. The molecule has 34 heavy (non-hydrogen) atoms. The first kappa shape index (κ1) is 22.6. The van der Waals surface area contributed by atoms with Gasteiger partial charge in [0.25, 0.3) is 5.91 Å². The first-order valence-corrected chi connectivity index (χ1v) is 10.6. The van der Waals surface area contributed by atoms with Crippen molar-refractivity contribution in [3.8, 4) is 11.5 Å². The van der Waals surface area contributed by atoms with E-state index in [1.807, 2.05) is 43.3 Å². The van der Waals surface area contributed by atoms with Gasteiger partial charge < -0.3 is 19.0 Å². The fourth-order valence-corrected chi connectivity index (χ4v) is 3.27. The van der Waals surface area contributed by atoms with Gasteiger partial charge in [0.05, 0.1) is 12.8 Å². The number of aromatic carboxylic acids is 1. The number of amides is 1. The molecule has 0 saturated heterocycles. The van der Waals surface area contributed by atoms with E-state index < -0.39 is 5.97 Å². The van der Waals surface area contributed by atoms with Crippen LogP contribution in [0.15, 0.2) is 82.3 Å². The normalized spacial score (nSPS) is 11.0. The van der Waals surface area contributed by atoms with Gasteiger partial charge in [-0.1, -0.05) is 30.3 Å². The van der Waals surface area contributed by atoms with E-state index in [4.69, 9.17) is 19.0 Å². The molecule has 0 fully saturated rings. The number of nitrogens with zero attached hydrogens (tertiary/aromatic N) is 1. The van der Waals surface area contributed by atoms with Gasteiger partial charge in [0.1, 0.15) is 12.4 Å². The van der Waals surface area contributed by atoms with Crippen LogP contribution in [-0.2, 0) is 6.61 Å². The largest absolute Gasteiger partial charge is 0.490 e. The Labute approximate surface area is 195 Å². The lowest BCUT2D eigenvalue weighted by atomic mass is 10.1. The van der Waals surface area contributed by atoms with Crippen molar-refractivity contribution in [1.82, 2.24) is 5.43 Å². The number of carboxylic acid groups (broad SMARTS) is 1. The number of furan rings is 1. The molecule has 0 atom stereocenters. The van der Waals surface area contributed by atoms with Crippen LogP contribution in [0.5, 0.6) is 11.5 Å². The second-order valence-corrected chi connectivity index (χ2v) is 7.26. The summed E-state index contributed by atoms with van der Waals surface area (Å²) < 4.78 is 16.6. The van der Waals surface area contributed by atoms with E-state index in [0.29, 0.717) is 35.0 Å². The van der Waals surface area contributed by atoms with Crippen molar-refractivity contribution in [2.45, 2.75) is 13.5 Å². The van der Waals surface area contributed by atoms with Crippen molar-refractivity contribution < 1.29 is 28.6 Å². The molecule has 0 unspecified atom stereocenters. The molecule has 0 aliphatic rings. The van der Waals surface area contributed by atoms with E-state index in [1.54, 1.807) is 30.3 Å². The van der Waals surface area contributed by atoms with Crippen LogP contribution in [0.25, 0.3) is 10.8 Å². The maximum Gasteiger partial charge on any atom is 0.371 e. The maximum absolute atomic E-state index is 12.5. The third-order valence-electron chi connectivity index (χ3n) is 4.90. The quantitative estimate of drug-likeness (QED) is 0.273. The van der Waals surface area contributed by atoms with Crippen molar-refractivity contribution in [1.29, 1.82) is 0 Å². The molecule has 3 aromatic carbocycles. The van der Waals surface area contributed by atoms with Crippen LogP contribution in [0.2, 0.25) is 0 Å². The molecule has 4 rings (SSSR count). The Morgan fingerprint density at radius 3 is 2.56 bits per heavy atom. The number of carbonyl (C=O) groups excluding carboxylic acids is 1. The van der Waals surface area contributed by atoms with E-state index in [1.165, 1.54) is 12.3 Å². The smallest absolute Gasteiger partial charge is 0.371 e. The van der Waals surface area contributed by atoms with Crippen LogP contribution in [0, 0.1) is 0 Å². The van der Waals surface area contributed by atoms with Crippen molar-refractivity contribution in [2.75, 3.05) is 6.61 Å². The van der Waals surface area contributed by atoms with Crippen LogP contribution in [0.1, 0.15) is 39.2 Å². The molecule has 8 heteroatoms. The number of carbonyl (C=O) groups is 2. The van der Waals surface area contributed by atoms with Gasteiger partial charge in [0, 0.05) is 5.56 Å². The third-order valence-corrected chi connectivity index (χ3v) is 4.90. The van der Waals surface area contributed by atoms with Crippen LogP contribution in [-0.4, -0.2) is 29.8 Å². The standard InChI is InChI=1S/C26H22N2O6/c1-2-32-24-13-17(7-11-22(24)33-16-21-10-12-23(34-21)26(30)31)15-27-28-25(29)20-9-8-18-5-3-4-6-19(18)14-20/h3-15H,2,16H2,1H3,(H,28,29)(H,30,31). The van der Waals surface area contributed by atoms with Crippen LogP contribution < -0.4 is 14.9 Å². The van der Waals surface area contributed by atoms with Gasteiger partial charge in [0.2, 0.25) is 5.76 Å². The number of ether oxygens (including phenoxy) is 2. The number of nitrogens with one attached hydrogen (secondary N) is 1. The molecule has 0 bridgehead atoms. The highest BCUT2D eigenvalue weighted by atomic mass is 16.5. The molecular formula is C26H22N2O6. The van der Waals surface area contributed by atoms with E-state index in [0.717, 1.165) is 10.8 Å². The molecule has 0 aliphatic carbocycles. The zero-order valence-electron chi connectivity index (χ0n) is 18.4. The number of rotatable bonds is 9. The number of hydrazone groups is 1. The Bertz CT molecular complexity index is 1360. The lowest BCUT2D eigenvalue weighted by Gasteiger charge is -2.11. The molecule has 1 aromatic heterocycles. The molecule has 0 saturated carbocycles. The molecule has 0 radical (unpaired) electrons. The van der Waals surface area contributed by atoms with Crippen molar-refractivity contribution >= 4 is 28.9 Å². The summed E-state index contributed by atoms with van der Waals surface area (Å²) >= 11 is 0. The summed E-state index contributed by atoms with van der Waals surface area (Å²) in [4.78, 5) is 23.4. The molecule has 172 valence electrons. The number of hydrogen-bond acceptors (Lipinski definition) is 6. The monoisotopic (exact) mass is 458 g/mol. The lowest BCUT2D eigenvalue weighted by molar-refractivity contribution is 0.0657. The molecule has 1 heterocycles.